The van der Waals surface area contributed by atoms with Crippen LogP contribution in [0.25, 0.3) is 0 Å². The quantitative estimate of drug-likeness (QED) is 0.668. The van der Waals surface area contributed by atoms with Crippen LogP contribution in [0.2, 0.25) is 0 Å². The maximum Gasteiger partial charge on any atom is 0.0581 e. The third kappa shape index (κ3) is 3.01. The molecule has 3 N–H and O–H groups in total. The molecule has 0 bridgehead atoms. The molecular formula is C12H22N2. The molecule has 80 valence electrons. The van der Waals surface area contributed by atoms with Gasteiger partial charge in [-0.1, -0.05) is 25.7 Å². The SMILES string of the molecule is CC#CCNC1(CN)CCCC(C)C1. The first-order valence-corrected chi connectivity index (χ1v) is 5.57. The van der Waals surface area contributed by atoms with Crippen LogP contribution >= 0.6 is 0 Å². The highest BCUT2D eigenvalue weighted by molar-refractivity contribution is 5.02. The van der Waals surface area contributed by atoms with Crippen LogP contribution in [0.5, 0.6) is 0 Å². The highest BCUT2D eigenvalue weighted by Crippen LogP contribution is 2.31. The zero-order chi connectivity index (χ0) is 10.4. The first kappa shape index (κ1) is 11.6. The van der Waals surface area contributed by atoms with Crippen LogP contribution in [0.3, 0.4) is 0 Å². The summed E-state index contributed by atoms with van der Waals surface area (Å²) in [6.07, 6.45) is 5.06. The second-order valence-corrected chi connectivity index (χ2v) is 4.47. The van der Waals surface area contributed by atoms with Crippen molar-refractivity contribution in [2.24, 2.45) is 11.7 Å². The average Bonchev–Trinajstić information content (AvgIpc) is 2.18. The maximum absolute atomic E-state index is 5.87. The summed E-state index contributed by atoms with van der Waals surface area (Å²) < 4.78 is 0. The van der Waals surface area contributed by atoms with Crippen molar-refractivity contribution in [2.45, 2.75) is 45.1 Å². The molecule has 1 aliphatic rings. The Bertz CT molecular complexity index is 226. The molecule has 0 aromatic carbocycles. The van der Waals surface area contributed by atoms with Gasteiger partial charge in [0.05, 0.1) is 6.54 Å². The van der Waals surface area contributed by atoms with Gasteiger partial charge in [0.25, 0.3) is 0 Å². The second-order valence-electron chi connectivity index (χ2n) is 4.47. The largest absolute Gasteiger partial charge is 0.329 e. The van der Waals surface area contributed by atoms with Gasteiger partial charge < -0.3 is 5.73 Å². The minimum atomic E-state index is 0.168. The number of hydrogen-bond donors (Lipinski definition) is 2. The van der Waals surface area contributed by atoms with E-state index in [4.69, 9.17) is 5.73 Å². The van der Waals surface area contributed by atoms with E-state index in [0.717, 1.165) is 19.0 Å². The van der Waals surface area contributed by atoms with Crippen LogP contribution < -0.4 is 11.1 Å². The molecule has 14 heavy (non-hydrogen) atoms. The van der Waals surface area contributed by atoms with Crippen LogP contribution in [0.15, 0.2) is 0 Å². The van der Waals surface area contributed by atoms with Gasteiger partial charge in [-0.2, -0.15) is 0 Å². The standard InChI is InChI=1S/C12H22N2/c1-3-4-8-14-12(10-13)7-5-6-11(2)9-12/h11,14H,5-10,13H2,1-2H3. The molecule has 0 spiro atoms. The van der Waals surface area contributed by atoms with Crippen molar-refractivity contribution in [3.63, 3.8) is 0 Å². The summed E-state index contributed by atoms with van der Waals surface area (Å²) in [7, 11) is 0. The predicted molar refractivity (Wildman–Crippen MR) is 60.9 cm³/mol. The van der Waals surface area contributed by atoms with E-state index in [0.29, 0.717) is 0 Å². The van der Waals surface area contributed by atoms with Crippen LogP contribution in [-0.2, 0) is 0 Å². The molecule has 1 aliphatic carbocycles. The molecule has 2 unspecified atom stereocenters. The molecule has 0 heterocycles. The van der Waals surface area contributed by atoms with Gasteiger partial charge in [0, 0.05) is 12.1 Å². The Morgan fingerprint density at radius 3 is 2.93 bits per heavy atom. The van der Waals surface area contributed by atoms with E-state index in [-0.39, 0.29) is 5.54 Å². The number of rotatable bonds is 3. The smallest absolute Gasteiger partial charge is 0.0581 e. The lowest BCUT2D eigenvalue weighted by Crippen LogP contribution is -2.53. The van der Waals surface area contributed by atoms with Gasteiger partial charge in [-0.25, -0.2) is 0 Å². The Morgan fingerprint density at radius 2 is 2.36 bits per heavy atom. The summed E-state index contributed by atoms with van der Waals surface area (Å²) in [5.74, 6) is 6.76. The minimum Gasteiger partial charge on any atom is -0.329 e. The highest BCUT2D eigenvalue weighted by Gasteiger charge is 2.32. The summed E-state index contributed by atoms with van der Waals surface area (Å²) in [5, 5.41) is 3.52. The molecule has 1 fully saturated rings. The molecule has 0 aromatic heterocycles. The fourth-order valence-corrected chi connectivity index (χ4v) is 2.40. The molecule has 2 heteroatoms. The van der Waals surface area contributed by atoms with E-state index >= 15 is 0 Å². The molecule has 0 aromatic rings. The second kappa shape index (κ2) is 5.38. The van der Waals surface area contributed by atoms with Crippen molar-refractivity contribution >= 4 is 0 Å². The zero-order valence-electron chi connectivity index (χ0n) is 9.40. The fraction of sp³-hybridized carbons (Fsp3) is 0.833. The Balaban J connectivity index is 2.49. The minimum absolute atomic E-state index is 0.168. The lowest BCUT2D eigenvalue weighted by Gasteiger charge is -2.39. The van der Waals surface area contributed by atoms with Crippen LogP contribution in [0, 0.1) is 17.8 Å². The van der Waals surface area contributed by atoms with E-state index in [1.165, 1.54) is 25.7 Å². The first-order valence-electron chi connectivity index (χ1n) is 5.57. The van der Waals surface area contributed by atoms with Crippen molar-refractivity contribution in [2.75, 3.05) is 13.1 Å². The van der Waals surface area contributed by atoms with Gasteiger partial charge in [0.15, 0.2) is 0 Å². The van der Waals surface area contributed by atoms with E-state index in [9.17, 15) is 0 Å². The zero-order valence-corrected chi connectivity index (χ0v) is 9.40. The number of nitrogens with one attached hydrogen (secondary N) is 1. The van der Waals surface area contributed by atoms with Crippen molar-refractivity contribution in [3.8, 4) is 11.8 Å². The molecule has 0 amide bonds. The van der Waals surface area contributed by atoms with Crippen LogP contribution in [0.4, 0.5) is 0 Å². The monoisotopic (exact) mass is 194 g/mol. The third-order valence-electron chi connectivity index (χ3n) is 3.21. The van der Waals surface area contributed by atoms with Gasteiger partial charge in [0.2, 0.25) is 0 Å². The van der Waals surface area contributed by atoms with Crippen molar-refractivity contribution < 1.29 is 0 Å². The molecule has 1 saturated carbocycles. The molecule has 2 nitrogen and oxygen atoms in total. The molecule has 0 saturated heterocycles. The molecular weight excluding hydrogens is 172 g/mol. The molecule has 0 radical (unpaired) electrons. The molecule has 0 aliphatic heterocycles. The maximum atomic E-state index is 5.87. The summed E-state index contributed by atoms with van der Waals surface area (Å²) in [6.45, 7) is 5.71. The van der Waals surface area contributed by atoms with Crippen molar-refractivity contribution in [3.05, 3.63) is 0 Å². The number of hydrogen-bond acceptors (Lipinski definition) is 2. The normalized spacial score (nSPS) is 32.1. The number of nitrogens with two attached hydrogens (primary N) is 1. The molecule has 2 atom stereocenters. The summed E-state index contributed by atoms with van der Waals surface area (Å²) in [6, 6.07) is 0. The van der Waals surface area contributed by atoms with Gasteiger partial charge >= 0.3 is 0 Å². The fourth-order valence-electron chi connectivity index (χ4n) is 2.40. The van der Waals surface area contributed by atoms with Gasteiger partial charge in [-0.3, -0.25) is 5.32 Å². The van der Waals surface area contributed by atoms with Gasteiger partial charge in [0.1, 0.15) is 0 Å². The molecule has 1 rings (SSSR count). The lowest BCUT2D eigenvalue weighted by atomic mass is 9.76. The van der Waals surface area contributed by atoms with E-state index in [1.807, 2.05) is 6.92 Å². The van der Waals surface area contributed by atoms with Crippen molar-refractivity contribution in [1.29, 1.82) is 0 Å². The van der Waals surface area contributed by atoms with Gasteiger partial charge in [-0.05, 0) is 25.7 Å². The summed E-state index contributed by atoms with van der Waals surface area (Å²) >= 11 is 0. The summed E-state index contributed by atoms with van der Waals surface area (Å²) in [4.78, 5) is 0. The highest BCUT2D eigenvalue weighted by atomic mass is 15.0. The van der Waals surface area contributed by atoms with Gasteiger partial charge in [-0.15, -0.1) is 5.92 Å². The lowest BCUT2D eigenvalue weighted by molar-refractivity contribution is 0.200. The van der Waals surface area contributed by atoms with Crippen LogP contribution in [0.1, 0.15) is 39.5 Å². The van der Waals surface area contributed by atoms with E-state index in [1.54, 1.807) is 0 Å². The van der Waals surface area contributed by atoms with Crippen molar-refractivity contribution in [1.82, 2.24) is 5.32 Å². The van der Waals surface area contributed by atoms with E-state index < -0.39 is 0 Å². The summed E-state index contributed by atoms with van der Waals surface area (Å²) in [5.41, 5.74) is 6.04. The topological polar surface area (TPSA) is 38.0 Å². The Hall–Kier alpha value is -0.520. The Kier molecular flexibility index (Phi) is 4.44. The van der Waals surface area contributed by atoms with E-state index in [2.05, 4.69) is 24.1 Å². The third-order valence-corrected chi connectivity index (χ3v) is 3.21. The first-order chi connectivity index (χ1) is 6.72. The Morgan fingerprint density at radius 1 is 1.57 bits per heavy atom. The Labute approximate surface area is 87.6 Å². The van der Waals surface area contributed by atoms with Crippen LogP contribution in [-0.4, -0.2) is 18.6 Å². The average molecular weight is 194 g/mol. The predicted octanol–water partition coefficient (Wildman–Crippen LogP) is 1.51.